The van der Waals surface area contributed by atoms with Crippen LogP contribution < -0.4 is 9.46 Å². The van der Waals surface area contributed by atoms with E-state index < -0.39 is 10.0 Å². The summed E-state index contributed by atoms with van der Waals surface area (Å²) in [4.78, 5) is 22.4. The summed E-state index contributed by atoms with van der Waals surface area (Å²) in [6.45, 7) is 2.78. The van der Waals surface area contributed by atoms with Gasteiger partial charge < -0.3 is 9.64 Å². The molecule has 3 heterocycles. The van der Waals surface area contributed by atoms with Crippen LogP contribution in [0.4, 0.5) is 5.69 Å². The van der Waals surface area contributed by atoms with Gasteiger partial charge in [0.1, 0.15) is 6.10 Å². The van der Waals surface area contributed by atoms with E-state index in [0.29, 0.717) is 43.1 Å². The molecule has 0 radical (unpaired) electrons. The molecule has 3 rings (SSSR count). The summed E-state index contributed by atoms with van der Waals surface area (Å²) in [5.41, 5.74) is 0.991. The van der Waals surface area contributed by atoms with Gasteiger partial charge in [-0.25, -0.2) is 13.4 Å². The predicted molar refractivity (Wildman–Crippen MR) is 101 cm³/mol. The summed E-state index contributed by atoms with van der Waals surface area (Å²) < 4.78 is 31.4. The minimum atomic E-state index is -3.32. The van der Waals surface area contributed by atoms with E-state index in [1.807, 2.05) is 0 Å². The van der Waals surface area contributed by atoms with E-state index in [0.717, 1.165) is 0 Å². The quantitative estimate of drug-likeness (QED) is 0.809. The molecule has 0 aromatic carbocycles. The molecule has 1 N–H and O–H groups in total. The van der Waals surface area contributed by atoms with Crippen LogP contribution >= 0.6 is 0 Å². The number of ether oxygens (including phenoxy) is 1. The lowest BCUT2D eigenvalue weighted by molar-refractivity contribution is 0.0587. The van der Waals surface area contributed by atoms with E-state index in [1.54, 1.807) is 48.5 Å². The van der Waals surface area contributed by atoms with Crippen LogP contribution in [0, 0.1) is 0 Å². The van der Waals surface area contributed by atoms with Crippen molar-refractivity contribution in [3.63, 3.8) is 0 Å². The van der Waals surface area contributed by atoms with Gasteiger partial charge >= 0.3 is 0 Å². The van der Waals surface area contributed by atoms with Crippen molar-refractivity contribution in [1.29, 1.82) is 0 Å². The molecule has 144 valence electrons. The van der Waals surface area contributed by atoms with Gasteiger partial charge in [0.2, 0.25) is 15.9 Å². The van der Waals surface area contributed by atoms with Crippen LogP contribution in [-0.4, -0.2) is 54.1 Å². The number of likely N-dealkylation sites (tertiary alicyclic amines) is 1. The van der Waals surface area contributed by atoms with Crippen LogP contribution in [0.5, 0.6) is 5.88 Å². The fourth-order valence-corrected chi connectivity index (χ4v) is 3.41. The Morgan fingerprint density at radius 3 is 2.63 bits per heavy atom. The topological polar surface area (TPSA) is 101 Å². The zero-order valence-corrected chi connectivity index (χ0v) is 15.9. The SMILES string of the molecule is CCS(=O)(=O)Nc1ccc(OC2CCN(C(=O)c3cccnc3)CC2)nc1. The fraction of sp³-hybridized carbons (Fsp3) is 0.389. The van der Waals surface area contributed by atoms with E-state index in [2.05, 4.69) is 14.7 Å². The van der Waals surface area contributed by atoms with Gasteiger partial charge in [0.25, 0.3) is 5.91 Å². The van der Waals surface area contributed by atoms with Gasteiger partial charge in [-0.05, 0) is 25.1 Å². The molecule has 1 amide bonds. The van der Waals surface area contributed by atoms with Gasteiger partial charge in [-0.15, -0.1) is 0 Å². The highest BCUT2D eigenvalue weighted by atomic mass is 32.2. The molecule has 2 aromatic heterocycles. The van der Waals surface area contributed by atoms with Gasteiger partial charge in [-0.3, -0.25) is 14.5 Å². The lowest BCUT2D eigenvalue weighted by Gasteiger charge is -2.31. The van der Waals surface area contributed by atoms with E-state index in [-0.39, 0.29) is 17.8 Å². The Morgan fingerprint density at radius 2 is 2.04 bits per heavy atom. The van der Waals surface area contributed by atoms with Gasteiger partial charge in [0.05, 0.1) is 23.2 Å². The van der Waals surface area contributed by atoms with Crippen LogP contribution in [0.1, 0.15) is 30.1 Å². The van der Waals surface area contributed by atoms with Crippen molar-refractivity contribution in [1.82, 2.24) is 14.9 Å². The van der Waals surface area contributed by atoms with Crippen molar-refractivity contribution < 1.29 is 17.9 Å². The van der Waals surface area contributed by atoms with E-state index in [9.17, 15) is 13.2 Å². The molecule has 8 nitrogen and oxygen atoms in total. The largest absolute Gasteiger partial charge is 0.474 e. The molecule has 0 spiro atoms. The number of carbonyl (C=O) groups excluding carboxylic acids is 1. The average molecular weight is 390 g/mol. The van der Waals surface area contributed by atoms with Crippen LogP contribution in [0.2, 0.25) is 0 Å². The number of nitrogens with one attached hydrogen (secondary N) is 1. The third-order valence-corrected chi connectivity index (χ3v) is 5.62. The number of carbonyl (C=O) groups is 1. The van der Waals surface area contributed by atoms with Crippen LogP contribution in [0.3, 0.4) is 0 Å². The first-order valence-electron chi connectivity index (χ1n) is 8.79. The van der Waals surface area contributed by atoms with Crippen molar-refractivity contribution in [3.8, 4) is 5.88 Å². The summed E-state index contributed by atoms with van der Waals surface area (Å²) >= 11 is 0. The second-order valence-corrected chi connectivity index (χ2v) is 8.25. The number of nitrogens with zero attached hydrogens (tertiary/aromatic N) is 3. The first-order valence-corrected chi connectivity index (χ1v) is 10.4. The molecule has 1 saturated heterocycles. The zero-order valence-electron chi connectivity index (χ0n) is 15.0. The number of amides is 1. The van der Waals surface area contributed by atoms with Gasteiger partial charge in [0.15, 0.2) is 0 Å². The third kappa shape index (κ3) is 5.16. The molecule has 2 aromatic rings. The standard InChI is InChI=1S/C18H22N4O4S/c1-2-27(24,25)21-15-5-6-17(20-13-15)26-16-7-10-22(11-8-16)18(23)14-4-3-9-19-12-14/h3-6,9,12-13,16,21H,2,7-8,10-11H2,1H3. The van der Waals surface area contributed by atoms with Crippen molar-refractivity contribution in [2.24, 2.45) is 0 Å². The number of piperidine rings is 1. The molecule has 9 heteroatoms. The molecule has 27 heavy (non-hydrogen) atoms. The van der Waals surface area contributed by atoms with Crippen molar-refractivity contribution in [3.05, 3.63) is 48.4 Å². The zero-order chi connectivity index (χ0) is 19.3. The Balaban J connectivity index is 1.51. The summed E-state index contributed by atoms with van der Waals surface area (Å²) in [6, 6.07) is 6.77. The fourth-order valence-electron chi connectivity index (χ4n) is 2.78. The summed E-state index contributed by atoms with van der Waals surface area (Å²) in [7, 11) is -3.32. The molecular weight excluding hydrogens is 368 g/mol. The predicted octanol–water partition coefficient (Wildman–Crippen LogP) is 1.92. The highest BCUT2D eigenvalue weighted by molar-refractivity contribution is 7.92. The van der Waals surface area contributed by atoms with Gasteiger partial charge in [0, 0.05) is 44.4 Å². The average Bonchev–Trinajstić information content (AvgIpc) is 2.70. The second-order valence-electron chi connectivity index (χ2n) is 6.24. The Hall–Kier alpha value is -2.68. The third-order valence-electron chi connectivity index (χ3n) is 4.31. The van der Waals surface area contributed by atoms with E-state index in [1.165, 1.54) is 6.20 Å². The van der Waals surface area contributed by atoms with Crippen LogP contribution in [0.15, 0.2) is 42.9 Å². The number of rotatable bonds is 6. The van der Waals surface area contributed by atoms with Crippen molar-refractivity contribution >= 4 is 21.6 Å². The van der Waals surface area contributed by atoms with Gasteiger partial charge in [-0.2, -0.15) is 0 Å². The minimum absolute atomic E-state index is 0.00158. The maximum Gasteiger partial charge on any atom is 0.255 e. The normalized spacial score (nSPS) is 15.4. The Morgan fingerprint density at radius 1 is 1.26 bits per heavy atom. The van der Waals surface area contributed by atoms with Crippen molar-refractivity contribution in [2.75, 3.05) is 23.6 Å². The molecule has 1 aliphatic heterocycles. The summed E-state index contributed by atoms with van der Waals surface area (Å²) in [5.74, 6) is 0.417. The Bertz CT molecular complexity index is 864. The van der Waals surface area contributed by atoms with Crippen molar-refractivity contribution in [2.45, 2.75) is 25.9 Å². The molecule has 0 bridgehead atoms. The maximum atomic E-state index is 12.4. The van der Waals surface area contributed by atoms with E-state index >= 15 is 0 Å². The molecular formula is C18H22N4O4S. The number of sulfonamides is 1. The lowest BCUT2D eigenvalue weighted by atomic mass is 10.1. The first kappa shape index (κ1) is 19.1. The summed E-state index contributed by atoms with van der Waals surface area (Å²) in [5, 5.41) is 0. The first-order chi connectivity index (χ1) is 13.0. The van der Waals surface area contributed by atoms with E-state index in [4.69, 9.17) is 4.74 Å². The molecule has 1 fully saturated rings. The number of hydrogen-bond acceptors (Lipinski definition) is 6. The number of hydrogen-bond donors (Lipinski definition) is 1. The number of aromatic nitrogens is 2. The molecule has 0 unspecified atom stereocenters. The minimum Gasteiger partial charge on any atom is -0.474 e. The number of pyridine rings is 2. The summed E-state index contributed by atoms with van der Waals surface area (Å²) in [6.07, 6.45) is 6.03. The highest BCUT2D eigenvalue weighted by Gasteiger charge is 2.25. The lowest BCUT2D eigenvalue weighted by Crippen LogP contribution is -2.41. The Kier molecular flexibility index (Phi) is 5.90. The molecule has 1 aliphatic rings. The second kappa shape index (κ2) is 8.34. The highest BCUT2D eigenvalue weighted by Crippen LogP contribution is 2.20. The molecule has 0 aliphatic carbocycles. The number of anilines is 1. The monoisotopic (exact) mass is 390 g/mol. The van der Waals surface area contributed by atoms with Gasteiger partial charge in [-0.1, -0.05) is 0 Å². The maximum absolute atomic E-state index is 12.4. The Labute approximate surface area is 158 Å². The molecule has 0 saturated carbocycles. The molecule has 0 atom stereocenters. The van der Waals surface area contributed by atoms with Crippen LogP contribution in [-0.2, 0) is 10.0 Å². The smallest absolute Gasteiger partial charge is 0.255 e. The van der Waals surface area contributed by atoms with Crippen LogP contribution in [0.25, 0.3) is 0 Å².